The maximum absolute atomic E-state index is 12.8. The van der Waals surface area contributed by atoms with Gasteiger partial charge in [0.15, 0.2) is 6.10 Å². The average molecular weight is 965 g/mol. The van der Waals surface area contributed by atoms with E-state index >= 15 is 0 Å². The van der Waals surface area contributed by atoms with Crippen LogP contribution in [0.2, 0.25) is 0 Å². The Bertz CT molecular complexity index is 1490. The summed E-state index contributed by atoms with van der Waals surface area (Å²) < 4.78 is 33.5. The minimum absolute atomic E-state index is 0.0133. The summed E-state index contributed by atoms with van der Waals surface area (Å²) in [6.07, 6.45) is 42.1. The van der Waals surface area contributed by atoms with Crippen molar-refractivity contribution in [1.29, 1.82) is 0 Å². The number of rotatable bonds is 41. The summed E-state index contributed by atoms with van der Waals surface area (Å²) in [4.78, 5) is 35.8. The molecule has 0 aromatic rings. The fourth-order valence-corrected chi connectivity index (χ4v) is 8.15. The van der Waals surface area contributed by atoms with Crippen LogP contribution in [0.1, 0.15) is 181 Å². The molecular weight excluding hydrogens is 876 g/mol. The van der Waals surface area contributed by atoms with Crippen molar-refractivity contribution in [3.8, 4) is 0 Å². The molecule has 67 heavy (non-hydrogen) atoms. The van der Waals surface area contributed by atoms with Gasteiger partial charge in [-0.05, 0) is 83.5 Å². The van der Waals surface area contributed by atoms with Gasteiger partial charge in [0, 0.05) is 12.8 Å². The van der Waals surface area contributed by atoms with Crippen molar-refractivity contribution in [3.05, 3.63) is 85.1 Å². The van der Waals surface area contributed by atoms with Gasteiger partial charge in [-0.25, -0.2) is 4.57 Å². The molecule has 0 saturated heterocycles. The van der Waals surface area contributed by atoms with Crippen LogP contribution in [0.25, 0.3) is 0 Å². The Morgan fingerprint density at radius 3 is 1.34 bits per heavy atom. The standard InChI is InChI=1S/C53H89O13P/c1-3-5-7-9-11-13-15-17-19-21-22-23-24-26-27-29-31-33-35-37-39-41-46(54)63-43-45(44-64-67(61,62)66-53-51(59)49(57)48(56)50(58)52(53)60)65-47(55)42-40-38-36-34-32-30-28-25-20-18-16-14-12-10-8-6-4-2/h6,8,12,14-15,17-18,20-22,28,30,34,36,45,48-53,56-60H,3-5,7,9-11,13,16,19,23-27,29,31-33,35,37-44H2,1-2H3,(H,61,62)/b8-6-,14-12-,17-15-,20-18-,22-21-,30-28-,36-34-. The van der Waals surface area contributed by atoms with Crippen LogP contribution >= 0.6 is 7.82 Å². The van der Waals surface area contributed by atoms with E-state index in [1.54, 1.807) is 0 Å². The predicted molar refractivity (Wildman–Crippen MR) is 267 cm³/mol. The van der Waals surface area contributed by atoms with Crippen molar-refractivity contribution in [3.63, 3.8) is 0 Å². The van der Waals surface area contributed by atoms with Gasteiger partial charge in [0.1, 0.15) is 43.2 Å². The van der Waals surface area contributed by atoms with E-state index in [0.29, 0.717) is 19.3 Å². The van der Waals surface area contributed by atoms with Crippen LogP contribution in [0.15, 0.2) is 85.1 Å². The third-order valence-corrected chi connectivity index (χ3v) is 12.2. The third-order valence-electron chi connectivity index (χ3n) is 11.2. The van der Waals surface area contributed by atoms with Gasteiger partial charge in [0.2, 0.25) is 0 Å². The molecule has 1 aliphatic rings. The van der Waals surface area contributed by atoms with E-state index in [1.807, 2.05) is 12.2 Å². The first-order valence-electron chi connectivity index (χ1n) is 25.4. The number of esters is 2. The van der Waals surface area contributed by atoms with Gasteiger partial charge in [-0.2, -0.15) is 0 Å². The molecule has 0 radical (unpaired) electrons. The summed E-state index contributed by atoms with van der Waals surface area (Å²) in [7, 11) is -5.14. The third kappa shape index (κ3) is 34.1. The summed E-state index contributed by atoms with van der Waals surface area (Å²) in [6.45, 7) is 3.13. The number of aliphatic hydroxyl groups excluding tert-OH is 5. The fourth-order valence-electron chi connectivity index (χ4n) is 7.18. The van der Waals surface area contributed by atoms with E-state index in [-0.39, 0.29) is 12.8 Å². The van der Waals surface area contributed by atoms with Crippen LogP contribution in [0, 0.1) is 0 Å². The van der Waals surface area contributed by atoms with Gasteiger partial charge in [-0.15, -0.1) is 0 Å². The molecule has 1 fully saturated rings. The van der Waals surface area contributed by atoms with E-state index in [9.17, 15) is 44.6 Å². The lowest BCUT2D eigenvalue weighted by molar-refractivity contribution is -0.220. The quantitative estimate of drug-likeness (QED) is 0.0146. The van der Waals surface area contributed by atoms with Crippen LogP contribution in [0.4, 0.5) is 0 Å². The molecule has 6 atom stereocenters. The van der Waals surface area contributed by atoms with Crippen molar-refractivity contribution in [2.24, 2.45) is 0 Å². The lowest BCUT2D eigenvalue weighted by Crippen LogP contribution is -2.64. The molecule has 0 amide bonds. The van der Waals surface area contributed by atoms with Gasteiger partial charge >= 0.3 is 19.8 Å². The molecule has 0 heterocycles. The molecule has 0 aromatic carbocycles. The van der Waals surface area contributed by atoms with Crippen LogP contribution in [-0.4, -0.2) is 98.3 Å². The van der Waals surface area contributed by atoms with Gasteiger partial charge < -0.3 is 39.9 Å². The molecule has 6 unspecified atom stereocenters. The number of ether oxygens (including phenoxy) is 2. The molecule has 0 bridgehead atoms. The van der Waals surface area contributed by atoms with Crippen LogP contribution in [0.5, 0.6) is 0 Å². The van der Waals surface area contributed by atoms with Gasteiger partial charge in [-0.3, -0.25) is 18.6 Å². The lowest BCUT2D eigenvalue weighted by Gasteiger charge is -2.41. The second kappa shape index (κ2) is 42.0. The number of phosphoric ester groups is 1. The lowest BCUT2D eigenvalue weighted by atomic mass is 9.85. The zero-order valence-electron chi connectivity index (χ0n) is 40.9. The van der Waals surface area contributed by atoms with Crippen LogP contribution < -0.4 is 0 Å². The number of unbranched alkanes of at least 4 members (excludes halogenated alkanes) is 15. The monoisotopic (exact) mass is 965 g/mol. The van der Waals surface area contributed by atoms with E-state index in [0.717, 1.165) is 70.6 Å². The molecule has 0 aromatic heterocycles. The predicted octanol–water partition coefficient (Wildman–Crippen LogP) is 10.8. The molecule has 1 rings (SSSR count). The normalized spacial score (nSPS) is 21.9. The fraction of sp³-hybridized carbons (Fsp3) is 0.698. The first-order valence-corrected chi connectivity index (χ1v) is 26.9. The Hall–Kier alpha value is -2.97. The molecule has 1 saturated carbocycles. The maximum Gasteiger partial charge on any atom is 0.472 e. The van der Waals surface area contributed by atoms with Gasteiger partial charge in [-0.1, -0.05) is 170 Å². The zero-order valence-corrected chi connectivity index (χ0v) is 41.8. The first-order chi connectivity index (χ1) is 32.4. The summed E-state index contributed by atoms with van der Waals surface area (Å²) in [5.41, 5.74) is 0. The summed E-state index contributed by atoms with van der Waals surface area (Å²) in [6, 6.07) is 0. The molecule has 14 heteroatoms. The highest BCUT2D eigenvalue weighted by Crippen LogP contribution is 2.47. The summed E-state index contributed by atoms with van der Waals surface area (Å²) in [5.74, 6) is -1.18. The molecular formula is C53H89O13P. The highest BCUT2D eigenvalue weighted by atomic mass is 31.2. The van der Waals surface area contributed by atoms with E-state index in [4.69, 9.17) is 18.5 Å². The molecule has 13 nitrogen and oxygen atoms in total. The number of allylic oxidation sites excluding steroid dienone is 14. The van der Waals surface area contributed by atoms with Crippen molar-refractivity contribution in [2.75, 3.05) is 13.2 Å². The Kier molecular flexibility index (Phi) is 38.9. The molecule has 384 valence electrons. The second-order valence-corrected chi connectivity index (χ2v) is 18.7. The second-order valence-electron chi connectivity index (χ2n) is 17.3. The van der Waals surface area contributed by atoms with Crippen LogP contribution in [0.3, 0.4) is 0 Å². The SMILES string of the molecule is CC/C=C\C/C=C\C/C=C\C/C=C\C/C=C\CCCC(=O)OC(COC(=O)CCCCCCCCCCC/C=C\C/C=C\CCCCCCC)COP(=O)(O)OC1C(O)C(O)C(O)C(O)C1O. The maximum atomic E-state index is 12.8. The number of aliphatic hydroxyl groups is 5. The van der Waals surface area contributed by atoms with Gasteiger partial charge in [0.25, 0.3) is 0 Å². The van der Waals surface area contributed by atoms with Crippen molar-refractivity contribution >= 4 is 19.8 Å². The summed E-state index contributed by atoms with van der Waals surface area (Å²) >= 11 is 0. The number of carbonyl (C=O) groups is 2. The molecule has 6 N–H and O–H groups in total. The number of phosphoric acid groups is 1. The average Bonchev–Trinajstić information content (AvgIpc) is 3.31. The molecule has 0 aliphatic heterocycles. The Labute approximate surface area is 403 Å². The highest BCUT2D eigenvalue weighted by molar-refractivity contribution is 7.47. The minimum Gasteiger partial charge on any atom is -0.462 e. The zero-order chi connectivity index (χ0) is 49.2. The number of carbonyl (C=O) groups excluding carboxylic acids is 2. The van der Waals surface area contributed by atoms with Crippen molar-refractivity contribution < 1.29 is 63.1 Å². The Morgan fingerprint density at radius 1 is 0.478 bits per heavy atom. The largest absolute Gasteiger partial charge is 0.472 e. The van der Waals surface area contributed by atoms with Crippen molar-refractivity contribution in [2.45, 2.75) is 224 Å². The topological polar surface area (TPSA) is 210 Å². The van der Waals surface area contributed by atoms with Crippen LogP contribution in [-0.2, 0) is 32.7 Å². The smallest absolute Gasteiger partial charge is 0.462 e. The number of hydrogen-bond acceptors (Lipinski definition) is 12. The van der Waals surface area contributed by atoms with E-state index in [1.165, 1.54) is 64.2 Å². The summed E-state index contributed by atoms with van der Waals surface area (Å²) in [5, 5.41) is 50.2. The Morgan fingerprint density at radius 2 is 0.866 bits per heavy atom. The van der Waals surface area contributed by atoms with E-state index < -0.39 is 75.7 Å². The Balaban J connectivity index is 2.44. The molecule has 1 aliphatic carbocycles. The minimum atomic E-state index is -5.14. The van der Waals surface area contributed by atoms with Gasteiger partial charge in [0.05, 0.1) is 6.61 Å². The van der Waals surface area contributed by atoms with Crippen molar-refractivity contribution in [1.82, 2.24) is 0 Å². The number of hydrogen-bond donors (Lipinski definition) is 6. The first kappa shape index (κ1) is 62.0. The molecule has 0 spiro atoms. The highest BCUT2D eigenvalue weighted by Gasteiger charge is 2.51. The van der Waals surface area contributed by atoms with E-state index in [2.05, 4.69) is 86.8 Å².